The Morgan fingerprint density at radius 1 is 1.00 bits per heavy atom. The number of ether oxygens (including phenoxy) is 1. The summed E-state index contributed by atoms with van der Waals surface area (Å²) >= 11 is 0. The van der Waals surface area contributed by atoms with Crippen LogP contribution in [0.5, 0.6) is 5.75 Å². The number of imide groups is 1. The monoisotopic (exact) mass is 339 g/mol. The van der Waals surface area contributed by atoms with Gasteiger partial charge < -0.3 is 9.57 Å². The largest absolute Gasteiger partial charge is 0.490 e. The number of nitrogens with zero attached hydrogens (tertiary/aromatic N) is 1. The van der Waals surface area contributed by atoms with Gasteiger partial charge in [0.2, 0.25) is 0 Å². The second-order valence-corrected chi connectivity index (χ2v) is 5.66. The van der Waals surface area contributed by atoms with Crippen molar-refractivity contribution in [3.63, 3.8) is 0 Å². The van der Waals surface area contributed by atoms with Gasteiger partial charge in [0.1, 0.15) is 11.3 Å². The van der Waals surface area contributed by atoms with Crippen LogP contribution >= 0.6 is 0 Å². The number of benzene rings is 2. The zero-order valence-electron chi connectivity index (χ0n) is 13.9. The van der Waals surface area contributed by atoms with Gasteiger partial charge in [-0.25, -0.2) is 4.79 Å². The van der Waals surface area contributed by atoms with Crippen LogP contribution in [0.3, 0.4) is 0 Å². The molecular weight excluding hydrogens is 322 g/mol. The molecule has 128 valence electrons. The van der Waals surface area contributed by atoms with Gasteiger partial charge in [-0.15, -0.1) is 0 Å². The maximum absolute atomic E-state index is 12.5. The average Bonchev–Trinajstić information content (AvgIpc) is 2.87. The van der Waals surface area contributed by atoms with Gasteiger partial charge in [-0.2, -0.15) is 0 Å². The first kappa shape index (κ1) is 16.7. The van der Waals surface area contributed by atoms with Crippen molar-refractivity contribution in [1.82, 2.24) is 5.06 Å². The summed E-state index contributed by atoms with van der Waals surface area (Å²) < 4.78 is 5.71. The van der Waals surface area contributed by atoms with Crippen molar-refractivity contribution in [3.8, 4) is 5.75 Å². The molecule has 2 amide bonds. The normalized spacial score (nSPS) is 14.2. The van der Waals surface area contributed by atoms with Crippen molar-refractivity contribution in [3.05, 3.63) is 65.2 Å². The molecule has 0 aromatic heterocycles. The summed E-state index contributed by atoms with van der Waals surface area (Å²) in [6.45, 7) is 3.84. The Bertz CT molecular complexity index is 810. The molecule has 0 spiro atoms. The van der Waals surface area contributed by atoms with Crippen LogP contribution < -0.4 is 4.74 Å². The van der Waals surface area contributed by atoms with Crippen LogP contribution in [-0.2, 0) is 4.84 Å². The van der Waals surface area contributed by atoms with Crippen LogP contribution in [0.4, 0.5) is 0 Å². The van der Waals surface area contributed by atoms with Crippen molar-refractivity contribution in [2.24, 2.45) is 0 Å². The van der Waals surface area contributed by atoms with E-state index in [0.717, 1.165) is 6.42 Å². The lowest BCUT2D eigenvalue weighted by molar-refractivity contribution is -0.0587. The predicted octanol–water partition coefficient (Wildman–Crippen LogP) is 3.23. The molecule has 0 radical (unpaired) electrons. The quantitative estimate of drug-likeness (QED) is 0.782. The summed E-state index contributed by atoms with van der Waals surface area (Å²) in [6.07, 6.45) is 0.676. The van der Waals surface area contributed by atoms with E-state index in [1.807, 2.05) is 13.8 Å². The lowest BCUT2D eigenvalue weighted by Crippen LogP contribution is -2.32. The highest BCUT2D eigenvalue weighted by atomic mass is 16.7. The van der Waals surface area contributed by atoms with Gasteiger partial charge in [0.05, 0.1) is 17.2 Å². The first-order chi connectivity index (χ1) is 12.0. The van der Waals surface area contributed by atoms with Crippen molar-refractivity contribution < 1.29 is 24.0 Å². The van der Waals surface area contributed by atoms with E-state index in [1.54, 1.807) is 30.3 Å². The Balaban J connectivity index is 1.82. The summed E-state index contributed by atoms with van der Waals surface area (Å²) in [5.41, 5.74) is 0.577. The van der Waals surface area contributed by atoms with Crippen LogP contribution in [0.15, 0.2) is 48.5 Å². The summed E-state index contributed by atoms with van der Waals surface area (Å²) in [5.74, 6) is -1.80. The minimum Gasteiger partial charge on any atom is -0.490 e. The molecule has 0 fully saturated rings. The molecular formula is C19H17NO5. The molecule has 0 saturated heterocycles. The molecule has 6 heteroatoms. The van der Waals surface area contributed by atoms with Crippen molar-refractivity contribution in [1.29, 1.82) is 0 Å². The van der Waals surface area contributed by atoms with E-state index >= 15 is 0 Å². The number of rotatable bonds is 5. The molecule has 2 aromatic rings. The Labute approximate surface area is 144 Å². The van der Waals surface area contributed by atoms with Gasteiger partial charge in [-0.3, -0.25) is 9.59 Å². The van der Waals surface area contributed by atoms with Crippen LogP contribution in [0.2, 0.25) is 0 Å². The van der Waals surface area contributed by atoms with Crippen LogP contribution in [0.25, 0.3) is 0 Å². The minimum atomic E-state index is -0.826. The number of hydrogen-bond acceptors (Lipinski definition) is 5. The Morgan fingerprint density at radius 2 is 1.56 bits per heavy atom. The molecule has 0 N–H and O–H groups in total. The number of amides is 2. The molecule has 3 rings (SSSR count). The lowest BCUT2D eigenvalue weighted by Gasteiger charge is -2.17. The summed E-state index contributed by atoms with van der Waals surface area (Å²) in [5, 5.41) is 0.493. The second kappa shape index (κ2) is 6.76. The third kappa shape index (κ3) is 3.10. The zero-order chi connectivity index (χ0) is 18.0. The van der Waals surface area contributed by atoms with E-state index in [-0.39, 0.29) is 22.8 Å². The van der Waals surface area contributed by atoms with Crippen LogP contribution in [-0.4, -0.2) is 29.0 Å². The maximum atomic E-state index is 12.5. The van der Waals surface area contributed by atoms with E-state index in [1.165, 1.54) is 18.2 Å². The number of fused-ring (bicyclic) bond motifs is 1. The molecule has 25 heavy (non-hydrogen) atoms. The van der Waals surface area contributed by atoms with Gasteiger partial charge in [0.25, 0.3) is 11.8 Å². The molecule has 2 aromatic carbocycles. The van der Waals surface area contributed by atoms with Crippen LogP contribution in [0, 0.1) is 0 Å². The van der Waals surface area contributed by atoms with Crippen LogP contribution in [0.1, 0.15) is 51.3 Å². The first-order valence-corrected chi connectivity index (χ1v) is 7.98. The minimum absolute atomic E-state index is 0.0896. The van der Waals surface area contributed by atoms with Gasteiger partial charge in [-0.05, 0) is 37.6 Å². The third-order valence-electron chi connectivity index (χ3n) is 3.94. The highest BCUT2D eigenvalue weighted by Crippen LogP contribution is 2.26. The Hall–Kier alpha value is -3.15. The number of carbonyl (C=O) groups excluding carboxylic acids is 3. The SMILES string of the molecule is CCC(C)Oc1ccccc1C(=O)ON1C(=O)c2ccccc2C1=O. The van der Waals surface area contributed by atoms with Gasteiger partial charge >= 0.3 is 5.97 Å². The third-order valence-corrected chi connectivity index (χ3v) is 3.94. The number of hydroxylamine groups is 2. The van der Waals surface area contributed by atoms with Crippen molar-refractivity contribution in [2.75, 3.05) is 0 Å². The number of hydrogen-bond donors (Lipinski definition) is 0. The zero-order valence-corrected chi connectivity index (χ0v) is 13.9. The summed E-state index contributed by atoms with van der Waals surface area (Å²) in [4.78, 5) is 42.1. The second-order valence-electron chi connectivity index (χ2n) is 5.66. The molecule has 0 bridgehead atoms. The maximum Gasteiger partial charge on any atom is 0.367 e. The van der Waals surface area contributed by atoms with E-state index in [9.17, 15) is 14.4 Å². The van der Waals surface area contributed by atoms with E-state index in [4.69, 9.17) is 9.57 Å². The highest BCUT2D eigenvalue weighted by molar-refractivity contribution is 6.21. The first-order valence-electron chi connectivity index (χ1n) is 7.98. The standard InChI is InChI=1S/C19H17NO5/c1-3-12(2)24-16-11-7-6-10-15(16)19(23)25-20-17(21)13-8-4-5-9-14(13)18(20)22/h4-12H,3H2,1-2H3. The predicted molar refractivity (Wildman–Crippen MR) is 89.2 cm³/mol. The van der Waals surface area contributed by atoms with E-state index < -0.39 is 17.8 Å². The molecule has 1 atom stereocenters. The average molecular weight is 339 g/mol. The fourth-order valence-corrected chi connectivity index (χ4v) is 2.42. The fraction of sp³-hybridized carbons (Fsp3) is 0.211. The fourth-order valence-electron chi connectivity index (χ4n) is 2.42. The van der Waals surface area contributed by atoms with Gasteiger partial charge in [0, 0.05) is 0 Å². The van der Waals surface area contributed by atoms with Gasteiger partial charge in [0.15, 0.2) is 0 Å². The number of para-hydroxylation sites is 1. The Kier molecular flexibility index (Phi) is 4.52. The molecule has 1 unspecified atom stereocenters. The molecule has 0 saturated carbocycles. The van der Waals surface area contributed by atoms with E-state index in [2.05, 4.69) is 0 Å². The van der Waals surface area contributed by atoms with E-state index in [0.29, 0.717) is 10.8 Å². The molecule has 1 aliphatic heterocycles. The highest BCUT2D eigenvalue weighted by Gasteiger charge is 2.39. The molecule has 1 aliphatic rings. The van der Waals surface area contributed by atoms with Gasteiger partial charge in [-0.1, -0.05) is 36.3 Å². The lowest BCUT2D eigenvalue weighted by atomic mass is 10.1. The number of carbonyl (C=O) groups is 3. The van der Waals surface area contributed by atoms with Crippen molar-refractivity contribution >= 4 is 17.8 Å². The Morgan fingerprint density at radius 3 is 2.16 bits per heavy atom. The molecule has 0 aliphatic carbocycles. The van der Waals surface area contributed by atoms with Crippen molar-refractivity contribution in [2.45, 2.75) is 26.4 Å². The summed E-state index contributed by atoms with van der Waals surface area (Å²) in [6, 6.07) is 12.9. The molecule has 1 heterocycles. The smallest absolute Gasteiger partial charge is 0.367 e. The summed E-state index contributed by atoms with van der Waals surface area (Å²) in [7, 11) is 0. The molecule has 6 nitrogen and oxygen atoms in total. The topological polar surface area (TPSA) is 72.9 Å².